The van der Waals surface area contributed by atoms with Gasteiger partial charge in [0.05, 0.1) is 12.8 Å². The number of carbonyl (C=O) groups is 1. The molecule has 0 aromatic heterocycles. The number of carboxylic acid groups (broad SMARTS) is 1. The molecule has 3 rings (SSSR count). The van der Waals surface area contributed by atoms with Crippen LogP contribution in [-0.2, 0) is 16.1 Å². The van der Waals surface area contributed by atoms with Crippen molar-refractivity contribution in [1.29, 1.82) is 0 Å². The van der Waals surface area contributed by atoms with Crippen molar-refractivity contribution in [3.05, 3.63) is 48.5 Å². The smallest absolute Gasteiger partial charge is 0.327 e. The van der Waals surface area contributed by atoms with Crippen molar-refractivity contribution in [1.82, 2.24) is 5.32 Å². The summed E-state index contributed by atoms with van der Waals surface area (Å²) in [7, 11) is 1.61. The molecular formula is C20H24N2O5S. The van der Waals surface area contributed by atoms with Gasteiger partial charge in [0.2, 0.25) is 0 Å². The maximum Gasteiger partial charge on any atom is 0.327 e. The Morgan fingerprint density at radius 3 is 2.11 bits per heavy atom. The van der Waals surface area contributed by atoms with Crippen molar-refractivity contribution in [3.63, 3.8) is 0 Å². The van der Waals surface area contributed by atoms with E-state index in [9.17, 15) is 18.7 Å². The van der Waals surface area contributed by atoms with Crippen LogP contribution in [0.4, 0.5) is 5.69 Å². The quantitative estimate of drug-likeness (QED) is 0.614. The van der Waals surface area contributed by atoms with Gasteiger partial charge in [0.1, 0.15) is 11.8 Å². The molecule has 7 nitrogen and oxygen atoms in total. The molecule has 1 aliphatic rings. The molecule has 0 radical (unpaired) electrons. The van der Waals surface area contributed by atoms with Crippen LogP contribution < -0.4 is 14.4 Å². The highest BCUT2D eigenvalue weighted by molar-refractivity contribution is 7.80. The minimum atomic E-state index is -2.45. The highest BCUT2D eigenvalue weighted by Crippen LogP contribution is 2.30. The Bertz CT molecular complexity index is 819. The van der Waals surface area contributed by atoms with Gasteiger partial charge >= 0.3 is 5.97 Å². The Kier molecular flexibility index (Phi) is 6.66. The molecule has 2 aromatic rings. The van der Waals surface area contributed by atoms with Gasteiger partial charge in [-0.15, -0.1) is 0 Å². The van der Waals surface area contributed by atoms with Crippen molar-refractivity contribution in [2.45, 2.75) is 18.9 Å². The SMILES string of the molecule is COc1ccc(-c2ccc(N(C(C(=O)O)C3CCNCC3)S(=O)O)cc2)cc1. The van der Waals surface area contributed by atoms with Crippen LogP contribution in [-0.4, -0.2) is 46.1 Å². The van der Waals surface area contributed by atoms with E-state index < -0.39 is 23.3 Å². The molecule has 3 N–H and O–H groups in total. The molecule has 2 aromatic carbocycles. The number of anilines is 1. The van der Waals surface area contributed by atoms with E-state index in [-0.39, 0.29) is 5.92 Å². The molecule has 2 atom stereocenters. The van der Waals surface area contributed by atoms with Crippen LogP contribution in [0.15, 0.2) is 48.5 Å². The molecule has 1 saturated heterocycles. The zero-order valence-corrected chi connectivity index (χ0v) is 16.4. The van der Waals surface area contributed by atoms with E-state index in [1.807, 2.05) is 36.4 Å². The summed E-state index contributed by atoms with van der Waals surface area (Å²) in [6.45, 7) is 1.41. The lowest BCUT2D eigenvalue weighted by Gasteiger charge is -2.35. The molecule has 0 amide bonds. The number of methoxy groups -OCH3 is 1. The van der Waals surface area contributed by atoms with Crippen LogP contribution in [0.5, 0.6) is 5.75 Å². The molecule has 1 heterocycles. The first kappa shape index (κ1) is 20.3. The van der Waals surface area contributed by atoms with E-state index in [0.29, 0.717) is 31.6 Å². The molecule has 8 heteroatoms. The van der Waals surface area contributed by atoms with E-state index in [1.165, 1.54) is 0 Å². The van der Waals surface area contributed by atoms with Gasteiger partial charge < -0.3 is 15.2 Å². The average molecular weight is 404 g/mol. The predicted octanol–water partition coefficient (Wildman–Crippen LogP) is 2.76. The summed E-state index contributed by atoms with van der Waals surface area (Å²) in [4.78, 5) is 11.9. The molecule has 0 saturated carbocycles. The molecule has 150 valence electrons. The molecule has 1 fully saturated rings. The highest BCUT2D eigenvalue weighted by Gasteiger charge is 2.37. The summed E-state index contributed by atoms with van der Waals surface area (Å²) in [5.74, 6) is -0.530. The molecule has 0 aliphatic carbocycles. The standard InChI is InChI=1S/C20H24N2O5S/c1-27-18-8-4-15(5-9-18)14-2-6-17(7-3-14)22(28(25)26)19(20(23)24)16-10-12-21-13-11-16/h2-9,16,19,21H,10-13H2,1H3,(H,23,24)(H,25,26). The molecule has 1 aliphatic heterocycles. The first-order valence-corrected chi connectivity index (χ1v) is 10.2. The van der Waals surface area contributed by atoms with Gasteiger partial charge in [0, 0.05) is 0 Å². The number of nitrogens with one attached hydrogen (secondary N) is 1. The predicted molar refractivity (Wildman–Crippen MR) is 109 cm³/mol. The number of benzene rings is 2. The van der Waals surface area contributed by atoms with Crippen LogP contribution in [0.25, 0.3) is 11.1 Å². The summed E-state index contributed by atoms with van der Waals surface area (Å²) in [6.07, 6.45) is 1.29. The Hall–Kier alpha value is -2.42. The van der Waals surface area contributed by atoms with Crippen molar-refractivity contribution in [2.24, 2.45) is 5.92 Å². The number of carboxylic acids is 1. The Morgan fingerprint density at radius 1 is 1.11 bits per heavy atom. The number of piperidine rings is 1. The molecule has 28 heavy (non-hydrogen) atoms. The van der Waals surface area contributed by atoms with Gasteiger partial charge in [-0.05, 0) is 67.2 Å². The van der Waals surface area contributed by atoms with Crippen LogP contribution in [0.1, 0.15) is 12.8 Å². The highest BCUT2D eigenvalue weighted by atomic mass is 32.2. The van der Waals surface area contributed by atoms with Gasteiger partial charge in [0.15, 0.2) is 0 Å². The number of aliphatic carboxylic acids is 1. The van der Waals surface area contributed by atoms with Crippen molar-refractivity contribution < 1.29 is 23.4 Å². The minimum absolute atomic E-state index is 0.198. The average Bonchev–Trinajstić information content (AvgIpc) is 2.72. The third kappa shape index (κ3) is 4.52. The maximum atomic E-state index is 12.1. The van der Waals surface area contributed by atoms with E-state index in [1.54, 1.807) is 19.2 Å². The lowest BCUT2D eigenvalue weighted by Crippen LogP contribution is -2.50. The van der Waals surface area contributed by atoms with Crippen molar-refractivity contribution in [2.75, 3.05) is 24.5 Å². The van der Waals surface area contributed by atoms with Crippen LogP contribution >= 0.6 is 0 Å². The molecule has 0 spiro atoms. The summed E-state index contributed by atoms with van der Waals surface area (Å²) in [6, 6.07) is 13.5. The number of ether oxygens (including phenoxy) is 1. The number of nitrogens with zero attached hydrogens (tertiary/aromatic N) is 1. The lowest BCUT2D eigenvalue weighted by atomic mass is 9.90. The van der Waals surface area contributed by atoms with Crippen LogP contribution in [0.2, 0.25) is 0 Å². The second-order valence-electron chi connectivity index (χ2n) is 6.70. The fraction of sp³-hybridized carbons (Fsp3) is 0.350. The zero-order valence-electron chi connectivity index (χ0n) is 15.6. The van der Waals surface area contributed by atoms with E-state index >= 15 is 0 Å². The van der Waals surface area contributed by atoms with E-state index in [2.05, 4.69) is 5.32 Å². The largest absolute Gasteiger partial charge is 0.497 e. The first-order valence-electron chi connectivity index (χ1n) is 9.09. The zero-order chi connectivity index (χ0) is 20.1. The minimum Gasteiger partial charge on any atom is -0.497 e. The maximum absolute atomic E-state index is 12.1. The third-order valence-electron chi connectivity index (χ3n) is 5.05. The van der Waals surface area contributed by atoms with Crippen molar-refractivity contribution in [3.8, 4) is 16.9 Å². The van der Waals surface area contributed by atoms with Crippen LogP contribution in [0.3, 0.4) is 0 Å². The molecular weight excluding hydrogens is 380 g/mol. The summed E-state index contributed by atoms with van der Waals surface area (Å²) >= 11 is -2.45. The number of hydrogen-bond acceptors (Lipinski definition) is 4. The second kappa shape index (κ2) is 9.18. The van der Waals surface area contributed by atoms with Gasteiger partial charge in [-0.2, -0.15) is 0 Å². The summed E-state index contributed by atoms with van der Waals surface area (Å²) in [5, 5.41) is 13.0. The Balaban J connectivity index is 1.88. The van der Waals surface area contributed by atoms with Gasteiger partial charge in [-0.25, -0.2) is 9.00 Å². The molecule has 2 unspecified atom stereocenters. The number of rotatable bonds is 7. The first-order chi connectivity index (χ1) is 13.5. The second-order valence-corrected chi connectivity index (χ2v) is 7.56. The topological polar surface area (TPSA) is 99.1 Å². The fourth-order valence-electron chi connectivity index (χ4n) is 3.59. The lowest BCUT2D eigenvalue weighted by molar-refractivity contribution is -0.139. The van der Waals surface area contributed by atoms with E-state index in [4.69, 9.17) is 4.74 Å². The summed E-state index contributed by atoms with van der Waals surface area (Å²) in [5.41, 5.74) is 2.30. The molecule has 0 bridgehead atoms. The van der Waals surface area contributed by atoms with Gasteiger partial charge in [0.25, 0.3) is 11.3 Å². The van der Waals surface area contributed by atoms with E-state index in [0.717, 1.165) is 21.2 Å². The van der Waals surface area contributed by atoms with Gasteiger partial charge in [-0.3, -0.25) is 8.86 Å². The van der Waals surface area contributed by atoms with Gasteiger partial charge in [-0.1, -0.05) is 24.3 Å². The van der Waals surface area contributed by atoms with Crippen molar-refractivity contribution >= 4 is 22.9 Å². The Labute approximate surface area is 166 Å². The fourth-order valence-corrected chi connectivity index (χ4v) is 4.34. The monoisotopic (exact) mass is 404 g/mol. The third-order valence-corrected chi connectivity index (χ3v) is 5.82. The normalized spacial score (nSPS) is 16.9. The number of hydrogen-bond donors (Lipinski definition) is 3. The Morgan fingerprint density at radius 2 is 1.64 bits per heavy atom. The summed E-state index contributed by atoms with van der Waals surface area (Å²) < 4.78 is 28.2. The van der Waals surface area contributed by atoms with Crippen LogP contribution in [0, 0.1) is 5.92 Å².